The Morgan fingerprint density at radius 2 is 2.05 bits per heavy atom. The van der Waals surface area contributed by atoms with E-state index in [2.05, 4.69) is 31.4 Å². The zero-order chi connectivity index (χ0) is 12.8. The van der Waals surface area contributed by atoms with Crippen LogP contribution in [-0.4, -0.2) is 47.8 Å². The minimum absolute atomic E-state index is 0.302. The van der Waals surface area contributed by atoms with E-state index in [0.717, 1.165) is 62.2 Å². The smallest absolute Gasteiger partial charge is 0.225 e. The lowest BCUT2D eigenvalue weighted by atomic mass is 10.2. The lowest BCUT2D eigenvalue weighted by molar-refractivity contribution is 0.122. The van der Waals surface area contributed by atoms with Crippen molar-refractivity contribution in [2.75, 3.05) is 43.2 Å². The van der Waals surface area contributed by atoms with Crippen LogP contribution in [0.25, 0.3) is 5.70 Å². The van der Waals surface area contributed by atoms with Gasteiger partial charge in [-0.2, -0.15) is 4.98 Å². The molecule has 1 saturated heterocycles. The average Bonchev–Trinajstić information content (AvgIpc) is 3.00. The predicted octanol–water partition coefficient (Wildman–Crippen LogP) is 1.35. The number of hydrogen-bond donors (Lipinski definition) is 1. The minimum atomic E-state index is 0.302. The molecule has 4 rings (SSSR count). The summed E-state index contributed by atoms with van der Waals surface area (Å²) in [7, 11) is 0. The number of fused-ring (bicyclic) bond motifs is 3. The molecular weight excluding hydrogens is 266 g/mol. The summed E-state index contributed by atoms with van der Waals surface area (Å²) < 4.78 is 5.39. The topological polar surface area (TPSA) is 53.5 Å². The van der Waals surface area contributed by atoms with Crippen LogP contribution in [0.2, 0.25) is 5.28 Å². The third-order valence-corrected chi connectivity index (χ3v) is 3.81. The lowest BCUT2D eigenvalue weighted by Gasteiger charge is -2.29. The first kappa shape index (κ1) is 11.3. The van der Waals surface area contributed by atoms with Crippen molar-refractivity contribution in [2.45, 2.75) is 6.42 Å². The molecule has 1 aromatic rings. The van der Waals surface area contributed by atoms with Crippen molar-refractivity contribution < 1.29 is 4.74 Å². The van der Waals surface area contributed by atoms with Crippen molar-refractivity contribution in [1.82, 2.24) is 15.0 Å². The van der Waals surface area contributed by atoms with Gasteiger partial charge in [0.05, 0.1) is 18.9 Å². The number of morpholine rings is 1. The largest absolute Gasteiger partial charge is 0.378 e. The van der Waals surface area contributed by atoms with Gasteiger partial charge < -0.3 is 9.64 Å². The Hall–Kier alpha value is -1.53. The van der Waals surface area contributed by atoms with Gasteiger partial charge in [0.15, 0.2) is 5.82 Å². The SMILES string of the molecule is Clc1nc2c(c(N3CCOCC3)n1)NN1CCC=C21. The fourth-order valence-corrected chi connectivity index (χ4v) is 2.92. The molecule has 0 unspecified atom stereocenters. The highest BCUT2D eigenvalue weighted by atomic mass is 35.5. The van der Waals surface area contributed by atoms with Crippen molar-refractivity contribution in [3.8, 4) is 0 Å². The Balaban J connectivity index is 1.80. The van der Waals surface area contributed by atoms with E-state index in [1.807, 2.05) is 0 Å². The van der Waals surface area contributed by atoms with Crippen LogP contribution < -0.4 is 10.3 Å². The van der Waals surface area contributed by atoms with Crippen LogP contribution in [-0.2, 0) is 4.74 Å². The normalized spacial score (nSPS) is 21.0. The van der Waals surface area contributed by atoms with Gasteiger partial charge in [0.1, 0.15) is 11.4 Å². The molecule has 0 spiro atoms. The molecule has 0 saturated carbocycles. The lowest BCUT2D eigenvalue weighted by Crippen LogP contribution is -2.37. The van der Waals surface area contributed by atoms with Crippen LogP contribution in [0.5, 0.6) is 0 Å². The number of nitrogens with zero attached hydrogens (tertiary/aromatic N) is 4. The van der Waals surface area contributed by atoms with Gasteiger partial charge in [0.2, 0.25) is 5.28 Å². The Morgan fingerprint density at radius 1 is 1.21 bits per heavy atom. The van der Waals surface area contributed by atoms with E-state index in [1.165, 1.54) is 0 Å². The van der Waals surface area contributed by atoms with Crippen LogP contribution in [0.1, 0.15) is 12.1 Å². The fraction of sp³-hybridized carbons (Fsp3) is 0.500. The number of nitrogens with one attached hydrogen (secondary N) is 1. The molecule has 0 aliphatic carbocycles. The van der Waals surface area contributed by atoms with Gasteiger partial charge in [-0.15, -0.1) is 0 Å². The van der Waals surface area contributed by atoms with Crippen LogP contribution in [0.4, 0.5) is 11.5 Å². The standard InChI is InChI=1S/C12H14ClN5O/c13-12-14-9-8-2-1-3-18(8)16-10(9)11(15-12)17-4-6-19-7-5-17/h2,16H,1,3-7H2. The number of rotatable bonds is 1. The second-order valence-corrected chi connectivity index (χ2v) is 5.12. The molecule has 0 bridgehead atoms. The first-order chi connectivity index (χ1) is 9.33. The Kier molecular flexibility index (Phi) is 2.53. The molecule has 0 radical (unpaired) electrons. The van der Waals surface area contributed by atoms with E-state index >= 15 is 0 Å². The van der Waals surface area contributed by atoms with Gasteiger partial charge in [-0.3, -0.25) is 10.4 Å². The number of anilines is 2. The fourth-order valence-electron chi connectivity index (χ4n) is 2.75. The molecular formula is C12H14ClN5O. The van der Waals surface area contributed by atoms with Crippen LogP contribution in [0, 0.1) is 0 Å². The average molecular weight is 280 g/mol. The maximum absolute atomic E-state index is 6.08. The molecule has 0 amide bonds. The molecule has 100 valence electrons. The molecule has 1 aromatic heterocycles. The summed E-state index contributed by atoms with van der Waals surface area (Å²) in [6.07, 6.45) is 3.22. The number of halogens is 1. The highest BCUT2D eigenvalue weighted by molar-refractivity contribution is 6.28. The van der Waals surface area contributed by atoms with Crippen molar-refractivity contribution in [2.24, 2.45) is 0 Å². The molecule has 3 aliphatic heterocycles. The molecule has 0 aromatic carbocycles. The Bertz CT molecular complexity index is 555. The third kappa shape index (κ3) is 1.74. The quantitative estimate of drug-likeness (QED) is 0.784. The Labute approximate surface area is 116 Å². The first-order valence-corrected chi connectivity index (χ1v) is 6.86. The van der Waals surface area contributed by atoms with Crippen molar-refractivity contribution >= 4 is 28.8 Å². The second-order valence-electron chi connectivity index (χ2n) is 4.78. The van der Waals surface area contributed by atoms with Crippen molar-refractivity contribution in [3.05, 3.63) is 17.1 Å². The van der Waals surface area contributed by atoms with Crippen molar-refractivity contribution in [1.29, 1.82) is 0 Å². The van der Waals surface area contributed by atoms with E-state index < -0.39 is 0 Å². The van der Waals surface area contributed by atoms with Gasteiger partial charge in [0.25, 0.3) is 0 Å². The maximum Gasteiger partial charge on any atom is 0.225 e. The monoisotopic (exact) mass is 279 g/mol. The second kappa shape index (κ2) is 4.25. The van der Waals surface area contributed by atoms with Gasteiger partial charge in [-0.05, 0) is 18.0 Å². The zero-order valence-corrected chi connectivity index (χ0v) is 11.2. The molecule has 3 aliphatic rings. The summed E-state index contributed by atoms with van der Waals surface area (Å²) in [5, 5.41) is 2.41. The predicted molar refractivity (Wildman–Crippen MR) is 73.0 cm³/mol. The minimum Gasteiger partial charge on any atom is -0.378 e. The van der Waals surface area contributed by atoms with Crippen LogP contribution >= 0.6 is 11.6 Å². The van der Waals surface area contributed by atoms with E-state index in [0.29, 0.717) is 5.28 Å². The summed E-state index contributed by atoms with van der Waals surface area (Å²) in [6, 6.07) is 0. The number of hydrogen-bond acceptors (Lipinski definition) is 6. The molecule has 7 heteroatoms. The number of aromatic nitrogens is 2. The molecule has 1 fully saturated rings. The van der Waals surface area contributed by atoms with Gasteiger partial charge in [-0.25, -0.2) is 4.98 Å². The van der Waals surface area contributed by atoms with Crippen LogP contribution in [0.3, 0.4) is 0 Å². The zero-order valence-electron chi connectivity index (χ0n) is 10.4. The maximum atomic E-state index is 6.08. The molecule has 6 nitrogen and oxygen atoms in total. The van der Waals surface area contributed by atoms with Gasteiger partial charge in [0, 0.05) is 19.6 Å². The summed E-state index contributed by atoms with van der Waals surface area (Å²) in [4.78, 5) is 11.0. The summed E-state index contributed by atoms with van der Waals surface area (Å²) in [5.74, 6) is 0.883. The third-order valence-electron chi connectivity index (χ3n) is 3.64. The van der Waals surface area contributed by atoms with Crippen LogP contribution in [0.15, 0.2) is 6.08 Å². The summed E-state index contributed by atoms with van der Waals surface area (Å²) in [5.41, 5.74) is 6.39. The van der Waals surface area contributed by atoms with Gasteiger partial charge >= 0.3 is 0 Å². The number of hydrazine groups is 1. The molecule has 19 heavy (non-hydrogen) atoms. The first-order valence-electron chi connectivity index (χ1n) is 6.48. The van der Waals surface area contributed by atoms with Crippen molar-refractivity contribution in [3.63, 3.8) is 0 Å². The molecule has 1 N–H and O–H groups in total. The van der Waals surface area contributed by atoms with E-state index in [4.69, 9.17) is 16.3 Å². The summed E-state index contributed by atoms with van der Waals surface area (Å²) in [6.45, 7) is 4.08. The Morgan fingerprint density at radius 3 is 2.89 bits per heavy atom. The van der Waals surface area contributed by atoms with E-state index in [9.17, 15) is 0 Å². The molecule has 4 heterocycles. The molecule has 0 atom stereocenters. The van der Waals surface area contributed by atoms with E-state index in [-0.39, 0.29) is 0 Å². The highest BCUT2D eigenvalue weighted by Gasteiger charge is 2.33. The van der Waals surface area contributed by atoms with E-state index in [1.54, 1.807) is 0 Å². The highest BCUT2D eigenvalue weighted by Crippen LogP contribution is 2.41. The summed E-state index contributed by atoms with van der Waals surface area (Å²) >= 11 is 6.08. The number of ether oxygens (including phenoxy) is 1. The van der Waals surface area contributed by atoms with Gasteiger partial charge in [-0.1, -0.05) is 6.08 Å².